The summed E-state index contributed by atoms with van der Waals surface area (Å²) in [5, 5.41) is 3.74. The van der Waals surface area contributed by atoms with Gasteiger partial charge in [-0.3, -0.25) is 0 Å². The molecule has 0 N–H and O–H groups in total. The smallest absolute Gasteiger partial charge is 0.151 e. The van der Waals surface area contributed by atoms with Crippen LogP contribution in [-0.2, 0) is 4.84 Å². The van der Waals surface area contributed by atoms with Crippen molar-refractivity contribution < 1.29 is 14.3 Å². The topological polar surface area (TPSA) is 40.0 Å². The van der Waals surface area contributed by atoms with Crippen molar-refractivity contribution in [2.24, 2.45) is 5.16 Å². The molecule has 0 amide bonds. The lowest BCUT2D eigenvalue weighted by atomic mass is 10.3. The van der Waals surface area contributed by atoms with Crippen LogP contribution in [0.4, 0.5) is 0 Å². The molecule has 2 aromatic carbocycles. The van der Waals surface area contributed by atoms with Crippen molar-refractivity contribution in [3.8, 4) is 17.2 Å². The maximum absolute atomic E-state index is 5.71. The summed E-state index contributed by atoms with van der Waals surface area (Å²) in [5.41, 5.74) is 0. The van der Waals surface area contributed by atoms with Crippen LogP contribution in [0.5, 0.6) is 17.2 Å². The van der Waals surface area contributed by atoms with E-state index in [9.17, 15) is 0 Å². The van der Waals surface area contributed by atoms with Crippen LogP contribution in [0.15, 0.2) is 71.9 Å². The van der Waals surface area contributed by atoms with Gasteiger partial charge in [0.15, 0.2) is 6.61 Å². The number of hydrogen-bond acceptors (Lipinski definition) is 4. The average Bonchev–Trinajstić information content (AvgIpc) is 2.56. The van der Waals surface area contributed by atoms with E-state index in [-0.39, 0.29) is 0 Å². The van der Waals surface area contributed by atoms with Gasteiger partial charge in [-0.15, -0.1) is 0 Å². The summed E-state index contributed by atoms with van der Waals surface area (Å²) in [6.45, 7) is 2.75. The Hall–Kier alpha value is -2.75. The summed E-state index contributed by atoms with van der Waals surface area (Å²) >= 11 is 0. The van der Waals surface area contributed by atoms with Crippen molar-refractivity contribution in [1.82, 2.24) is 0 Å². The Bertz CT molecular complexity index is 591. The average molecular weight is 297 g/mol. The molecule has 4 heteroatoms. The summed E-state index contributed by atoms with van der Waals surface area (Å²) in [4.78, 5) is 5.03. The highest BCUT2D eigenvalue weighted by Gasteiger charge is 1.98. The summed E-state index contributed by atoms with van der Waals surface area (Å²) in [7, 11) is 0. The number of rotatable bonds is 8. The minimum Gasteiger partial charge on any atom is -0.490 e. The van der Waals surface area contributed by atoms with Crippen LogP contribution in [0.1, 0.15) is 6.92 Å². The van der Waals surface area contributed by atoms with Crippen LogP contribution in [0.2, 0.25) is 0 Å². The van der Waals surface area contributed by atoms with Crippen molar-refractivity contribution >= 4 is 6.21 Å². The number of nitrogens with zero attached hydrogens (tertiary/aromatic N) is 1. The number of allylic oxidation sites excluding steroid dienone is 2. The molecule has 0 atom stereocenters. The van der Waals surface area contributed by atoms with Gasteiger partial charge in [0.05, 0.1) is 6.21 Å². The first kappa shape index (κ1) is 15.6. The zero-order chi connectivity index (χ0) is 15.5. The number of ether oxygens (including phenoxy) is 2. The second-order valence-electron chi connectivity index (χ2n) is 4.35. The minimum absolute atomic E-state index is 0.399. The van der Waals surface area contributed by atoms with Crippen molar-refractivity contribution in [2.45, 2.75) is 6.92 Å². The molecule has 2 rings (SSSR count). The standard InChI is InChI=1S/C18H19NO3/c1-2-3-13-19-21-15-14-20-16-9-11-18(12-10-16)22-17-7-5-4-6-8-17/h2-13H,14-15H2,1H3/b3-2+,19-13+. The highest BCUT2D eigenvalue weighted by atomic mass is 16.6. The minimum atomic E-state index is 0.399. The van der Waals surface area contributed by atoms with E-state index in [0.717, 1.165) is 17.2 Å². The van der Waals surface area contributed by atoms with E-state index < -0.39 is 0 Å². The van der Waals surface area contributed by atoms with Gasteiger partial charge >= 0.3 is 0 Å². The van der Waals surface area contributed by atoms with Crippen LogP contribution in [0, 0.1) is 0 Å². The third-order valence-corrected chi connectivity index (χ3v) is 2.66. The third kappa shape index (κ3) is 5.71. The molecule has 0 aliphatic carbocycles. The molecule has 114 valence electrons. The molecule has 0 bridgehead atoms. The molecule has 4 nitrogen and oxygen atoms in total. The molecule has 0 saturated heterocycles. The molecule has 22 heavy (non-hydrogen) atoms. The molecule has 0 saturated carbocycles. The van der Waals surface area contributed by atoms with Gasteiger partial charge in [0, 0.05) is 0 Å². The van der Waals surface area contributed by atoms with Gasteiger partial charge in [0.1, 0.15) is 23.9 Å². The molecule has 0 unspecified atom stereocenters. The van der Waals surface area contributed by atoms with E-state index in [4.69, 9.17) is 14.3 Å². The SMILES string of the molecule is C/C=C/C=N/OCCOc1ccc(Oc2ccccc2)cc1. The Labute approximate surface area is 130 Å². The first-order valence-electron chi connectivity index (χ1n) is 7.11. The van der Waals surface area contributed by atoms with Crippen LogP contribution >= 0.6 is 0 Å². The molecular formula is C18H19NO3. The molecule has 0 fully saturated rings. The van der Waals surface area contributed by atoms with Crippen LogP contribution in [0.25, 0.3) is 0 Å². The van der Waals surface area contributed by atoms with Gasteiger partial charge in [-0.2, -0.15) is 0 Å². The second-order valence-corrected chi connectivity index (χ2v) is 4.35. The predicted molar refractivity (Wildman–Crippen MR) is 87.7 cm³/mol. The number of oxime groups is 1. The summed E-state index contributed by atoms with van der Waals surface area (Å²) in [6, 6.07) is 17.1. The third-order valence-electron chi connectivity index (χ3n) is 2.66. The van der Waals surface area contributed by atoms with Gasteiger partial charge < -0.3 is 14.3 Å². The van der Waals surface area contributed by atoms with Crippen LogP contribution < -0.4 is 9.47 Å². The second kappa shape index (κ2) is 9.23. The van der Waals surface area contributed by atoms with E-state index in [1.165, 1.54) is 0 Å². The fourth-order valence-electron chi connectivity index (χ4n) is 1.64. The molecule has 0 radical (unpaired) electrons. The molecular weight excluding hydrogens is 278 g/mol. The maximum atomic E-state index is 5.71. The van der Waals surface area contributed by atoms with Crippen LogP contribution in [0.3, 0.4) is 0 Å². The van der Waals surface area contributed by atoms with E-state index in [2.05, 4.69) is 5.16 Å². The largest absolute Gasteiger partial charge is 0.490 e. The zero-order valence-corrected chi connectivity index (χ0v) is 12.5. The van der Waals surface area contributed by atoms with Gasteiger partial charge in [-0.05, 0) is 49.4 Å². The van der Waals surface area contributed by atoms with Crippen molar-refractivity contribution in [3.05, 3.63) is 66.7 Å². The molecule has 2 aromatic rings. The Morgan fingerprint density at radius 3 is 2.27 bits per heavy atom. The van der Waals surface area contributed by atoms with Crippen LogP contribution in [-0.4, -0.2) is 19.4 Å². The van der Waals surface area contributed by atoms with E-state index in [1.807, 2.05) is 67.6 Å². The molecule has 0 spiro atoms. The summed E-state index contributed by atoms with van der Waals surface area (Å²) < 4.78 is 11.3. The van der Waals surface area contributed by atoms with E-state index in [1.54, 1.807) is 12.3 Å². The van der Waals surface area contributed by atoms with E-state index in [0.29, 0.717) is 13.2 Å². The van der Waals surface area contributed by atoms with Gasteiger partial charge in [-0.25, -0.2) is 0 Å². The fraction of sp³-hybridized carbons (Fsp3) is 0.167. The number of benzene rings is 2. The Morgan fingerprint density at radius 2 is 1.55 bits per heavy atom. The Morgan fingerprint density at radius 1 is 0.864 bits per heavy atom. The summed E-state index contributed by atoms with van der Waals surface area (Å²) in [5.74, 6) is 2.34. The van der Waals surface area contributed by atoms with Crippen molar-refractivity contribution in [1.29, 1.82) is 0 Å². The van der Waals surface area contributed by atoms with Crippen molar-refractivity contribution in [2.75, 3.05) is 13.2 Å². The van der Waals surface area contributed by atoms with Crippen molar-refractivity contribution in [3.63, 3.8) is 0 Å². The monoisotopic (exact) mass is 297 g/mol. The number of para-hydroxylation sites is 1. The first-order chi connectivity index (χ1) is 10.9. The van der Waals surface area contributed by atoms with E-state index >= 15 is 0 Å². The lowest BCUT2D eigenvalue weighted by Gasteiger charge is -2.08. The predicted octanol–water partition coefficient (Wildman–Crippen LogP) is 4.44. The first-order valence-corrected chi connectivity index (χ1v) is 7.11. The lowest BCUT2D eigenvalue weighted by Crippen LogP contribution is -2.03. The highest BCUT2D eigenvalue weighted by Crippen LogP contribution is 2.23. The fourth-order valence-corrected chi connectivity index (χ4v) is 1.64. The van der Waals surface area contributed by atoms with Gasteiger partial charge in [0.2, 0.25) is 0 Å². The number of hydrogen-bond donors (Lipinski definition) is 0. The molecule has 0 aliphatic rings. The Kier molecular flexibility index (Phi) is 6.56. The lowest BCUT2D eigenvalue weighted by molar-refractivity contribution is 0.108. The Balaban J connectivity index is 1.73. The molecule has 0 aromatic heterocycles. The zero-order valence-electron chi connectivity index (χ0n) is 12.5. The van der Waals surface area contributed by atoms with Gasteiger partial charge in [-0.1, -0.05) is 29.4 Å². The normalized spacial score (nSPS) is 11.0. The summed E-state index contributed by atoms with van der Waals surface area (Å²) in [6.07, 6.45) is 5.27. The highest BCUT2D eigenvalue weighted by molar-refractivity contribution is 5.70. The quantitative estimate of drug-likeness (QED) is 0.411. The maximum Gasteiger partial charge on any atom is 0.151 e. The molecule has 0 heterocycles. The molecule has 0 aliphatic heterocycles. The van der Waals surface area contributed by atoms with Gasteiger partial charge in [0.25, 0.3) is 0 Å².